The molecule has 0 aliphatic carbocycles. The van der Waals surface area contributed by atoms with Gasteiger partial charge < -0.3 is 14.2 Å². The Kier molecular flexibility index (Phi) is 6.22. The number of nitro groups is 2. The predicted molar refractivity (Wildman–Crippen MR) is 120 cm³/mol. The summed E-state index contributed by atoms with van der Waals surface area (Å²) in [7, 11) is 1.42. The first kappa shape index (κ1) is 23.1. The van der Waals surface area contributed by atoms with Crippen molar-refractivity contribution in [1.29, 1.82) is 0 Å². The molecular weight excluding hydrogens is 462 g/mol. The van der Waals surface area contributed by atoms with E-state index in [1.807, 2.05) is 0 Å². The maximum absolute atomic E-state index is 12.2. The van der Waals surface area contributed by atoms with E-state index in [2.05, 4.69) is 10.1 Å². The lowest BCUT2D eigenvalue weighted by atomic mass is 10.1. The lowest BCUT2D eigenvalue weighted by Crippen LogP contribution is -2.25. The minimum Gasteiger partial charge on any atom is -0.493 e. The number of ether oxygens (including phenoxy) is 3. The zero-order valence-corrected chi connectivity index (χ0v) is 18.4. The van der Waals surface area contributed by atoms with E-state index < -0.39 is 22.0 Å². The lowest BCUT2D eigenvalue weighted by Gasteiger charge is -2.20. The molecule has 0 saturated heterocycles. The first-order valence-electron chi connectivity index (χ1n) is 10.0. The largest absolute Gasteiger partial charge is 0.493 e. The number of rotatable bonds is 7. The second-order valence-corrected chi connectivity index (χ2v) is 7.17. The van der Waals surface area contributed by atoms with Gasteiger partial charge in [0, 0.05) is 42.3 Å². The summed E-state index contributed by atoms with van der Waals surface area (Å²) in [6.45, 7) is 1.31. The molecule has 1 aliphatic heterocycles. The van der Waals surface area contributed by atoms with Crippen LogP contribution in [0.1, 0.15) is 24.3 Å². The molecule has 4 rings (SSSR count). The number of hydrogen-bond donors (Lipinski definition) is 0. The Balaban J connectivity index is 1.60. The van der Waals surface area contributed by atoms with E-state index in [0.717, 1.165) is 11.2 Å². The van der Waals surface area contributed by atoms with E-state index in [-0.39, 0.29) is 34.7 Å². The Bertz CT molecular complexity index is 1340. The van der Waals surface area contributed by atoms with Crippen LogP contribution in [0.3, 0.4) is 0 Å². The van der Waals surface area contributed by atoms with Gasteiger partial charge in [-0.25, -0.2) is 4.98 Å². The summed E-state index contributed by atoms with van der Waals surface area (Å²) < 4.78 is 17.0. The smallest absolute Gasteiger partial charge is 0.287 e. The first-order valence-corrected chi connectivity index (χ1v) is 10.0. The van der Waals surface area contributed by atoms with Crippen LogP contribution in [0.5, 0.6) is 17.4 Å². The molecule has 13 heteroatoms. The highest BCUT2D eigenvalue weighted by Crippen LogP contribution is 2.37. The molecule has 2 aromatic carbocycles. The molecule has 0 fully saturated rings. The molecule has 0 saturated carbocycles. The molecule has 0 spiro atoms. The topological polar surface area (TPSA) is 160 Å². The molecule has 1 unspecified atom stereocenters. The van der Waals surface area contributed by atoms with Crippen molar-refractivity contribution in [3.63, 3.8) is 0 Å². The van der Waals surface area contributed by atoms with Crippen LogP contribution < -0.4 is 9.47 Å². The van der Waals surface area contributed by atoms with E-state index >= 15 is 0 Å². The minimum absolute atomic E-state index is 0.0447. The Morgan fingerprint density at radius 1 is 1.03 bits per heavy atom. The van der Waals surface area contributed by atoms with Crippen molar-refractivity contribution in [3.8, 4) is 17.4 Å². The molecule has 35 heavy (non-hydrogen) atoms. The van der Waals surface area contributed by atoms with Crippen molar-refractivity contribution in [2.24, 2.45) is 5.10 Å². The average Bonchev–Trinajstić information content (AvgIpc) is 3.31. The highest BCUT2D eigenvalue weighted by molar-refractivity contribution is 5.96. The van der Waals surface area contributed by atoms with Crippen molar-refractivity contribution >= 4 is 23.2 Å². The fourth-order valence-corrected chi connectivity index (χ4v) is 3.23. The van der Waals surface area contributed by atoms with Gasteiger partial charge in [0.1, 0.15) is 6.20 Å². The van der Waals surface area contributed by atoms with Gasteiger partial charge in [-0.05, 0) is 24.3 Å². The SMILES string of the molecule is COc1cc(C2OC(c3cccc([N+](=O)[O-])c3)=NN2C(C)=O)ccc1Oc1ccc([N+](=O)[O-])cn1. The van der Waals surface area contributed by atoms with Gasteiger partial charge in [-0.1, -0.05) is 6.07 Å². The summed E-state index contributed by atoms with van der Waals surface area (Å²) >= 11 is 0. The summed E-state index contributed by atoms with van der Waals surface area (Å²) in [6, 6.07) is 13.1. The number of hydrogen-bond acceptors (Lipinski definition) is 10. The number of nitro benzene ring substituents is 1. The van der Waals surface area contributed by atoms with Crippen LogP contribution >= 0.6 is 0 Å². The van der Waals surface area contributed by atoms with Gasteiger partial charge >= 0.3 is 0 Å². The van der Waals surface area contributed by atoms with Crippen LogP contribution in [0, 0.1) is 20.2 Å². The van der Waals surface area contributed by atoms with Crippen molar-refractivity contribution in [1.82, 2.24) is 9.99 Å². The minimum atomic E-state index is -0.956. The Morgan fingerprint density at radius 2 is 1.80 bits per heavy atom. The lowest BCUT2D eigenvalue weighted by molar-refractivity contribution is -0.385. The van der Waals surface area contributed by atoms with Crippen molar-refractivity contribution in [2.75, 3.05) is 7.11 Å². The van der Waals surface area contributed by atoms with E-state index in [1.165, 1.54) is 44.4 Å². The normalized spacial score (nSPS) is 14.6. The zero-order chi connectivity index (χ0) is 25.1. The fraction of sp³-hybridized carbons (Fsp3) is 0.136. The summed E-state index contributed by atoms with van der Waals surface area (Å²) in [5.74, 6) is 0.289. The number of carbonyl (C=O) groups excluding carboxylic acids is 1. The van der Waals surface area contributed by atoms with Crippen LogP contribution in [0.25, 0.3) is 0 Å². The molecule has 0 radical (unpaired) electrons. The molecule has 0 N–H and O–H groups in total. The third-order valence-corrected chi connectivity index (χ3v) is 4.89. The number of benzene rings is 2. The number of non-ortho nitro benzene ring substituents is 1. The van der Waals surface area contributed by atoms with Gasteiger partial charge in [0.15, 0.2) is 11.5 Å². The van der Waals surface area contributed by atoms with Crippen LogP contribution in [0.15, 0.2) is 65.9 Å². The molecule has 0 bridgehead atoms. The number of methoxy groups -OCH3 is 1. The van der Waals surface area contributed by atoms with E-state index in [9.17, 15) is 25.0 Å². The molecule has 13 nitrogen and oxygen atoms in total. The van der Waals surface area contributed by atoms with Crippen molar-refractivity contribution in [2.45, 2.75) is 13.2 Å². The zero-order valence-electron chi connectivity index (χ0n) is 18.4. The average molecular weight is 479 g/mol. The monoisotopic (exact) mass is 479 g/mol. The Labute approximate surface area is 197 Å². The maximum Gasteiger partial charge on any atom is 0.287 e. The van der Waals surface area contributed by atoms with Crippen LogP contribution in [-0.4, -0.2) is 38.8 Å². The molecule has 1 aromatic heterocycles. The van der Waals surface area contributed by atoms with Gasteiger partial charge in [0.05, 0.1) is 17.0 Å². The molecule has 1 aliphatic rings. The number of aromatic nitrogens is 1. The number of nitrogens with zero attached hydrogens (tertiary/aromatic N) is 5. The Hall–Kier alpha value is -5.07. The van der Waals surface area contributed by atoms with Crippen LogP contribution in [0.2, 0.25) is 0 Å². The number of pyridine rings is 1. The van der Waals surface area contributed by atoms with Crippen LogP contribution in [-0.2, 0) is 9.53 Å². The van der Waals surface area contributed by atoms with E-state index in [4.69, 9.17) is 14.2 Å². The molecule has 2 heterocycles. The van der Waals surface area contributed by atoms with Crippen molar-refractivity contribution in [3.05, 3.63) is 92.1 Å². The molecule has 178 valence electrons. The van der Waals surface area contributed by atoms with Gasteiger partial charge in [0.2, 0.25) is 23.9 Å². The second-order valence-electron chi connectivity index (χ2n) is 7.17. The third-order valence-electron chi connectivity index (χ3n) is 4.89. The fourth-order valence-electron chi connectivity index (χ4n) is 3.23. The standard InChI is InChI=1S/C22H17N5O8/c1-13(28)25-22(35-21(24-25)14-4-3-5-16(10-14)26(29)30)15-6-8-18(19(11-15)33-2)34-20-9-7-17(12-23-20)27(31)32/h3-12,22H,1-2H3. The number of amides is 1. The predicted octanol–water partition coefficient (Wildman–Crippen LogP) is 3.94. The molecule has 1 atom stereocenters. The van der Waals surface area contributed by atoms with Gasteiger partial charge in [-0.3, -0.25) is 25.0 Å². The van der Waals surface area contributed by atoms with Crippen molar-refractivity contribution < 1.29 is 28.9 Å². The van der Waals surface area contributed by atoms with E-state index in [1.54, 1.807) is 24.3 Å². The quantitative estimate of drug-likeness (QED) is 0.361. The molecule has 1 amide bonds. The first-order chi connectivity index (χ1) is 16.8. The summed E-state index contributed by atoms with van der Waals surface area (Å²) in [5.41, 5.74) is 0.505. The molecular formula is C22H17N5O8. The summed E-state index contributed by atoms with van der Waals surface area (Å²) in [6.07, 6.45) is 0.113. The Morgan fingerprint density at radius 3 is 2.43 bits per heavy atom. The summed E-state index contributed by atoms with van der Waals surface area (Å²) in [5, 5.41) is 27.2. The highest BCUT2D eigenvalue weighted by Gasteiger charge is 2.34. The third kappa shape index (κ3) is 4.83. The summed E-state index contributed by atoms with van der Waals surface area (Å²) in [4.78, 5) is 36.9. The highest BCUT2D eigenvalue weighted by atomic mass is 16.6. The van der Waals surface area contributed by atoms with Crippen LogP contribution in [0.4, 0.5) is 11.4 Å². The van der Waals surface area contributed by atoms with Gasteiger partial charge in [-0.2, -0.15) is 5.01 Å². The van der Waals surface area contributed by atoms with E-state index in [0.29, 0.717) is 11.1 Å². The van der Waals surface area contributed by atoms with Gasteiger partial charge in [0.25, 0.3) is 11.4 Å². The number of carbonyl (C=O) groups is 1. The second kappa shape index (κ2) is 9.43. The molecule has 3 aromatic rings. The van der Waals surface area contributed by atoms with Gasteiger partial charge in [-0.15, -0.1) is 5.10 Å². The number of hydrazone groups is 1. The maximum atomic E-state index is 12.2.